The van der Waals surface area contributed by atoms with Crippen molar-refractivity contribution in [2.75, 3.05) is 0 Å². The van der Waals surface area contributed by atoms with Gasteiger partial charge in [0.2, 0.25) is 10.0 Å². The van der Waals surface area contributed by atoms with Gasteiger partial charge in [0.15, 0.2) is 0 Å². The third-order valence-corrected chi connectivity index (χ3v) is 5.73. The van der Waals surface area contributed by atoms with Crippen LogP contribution in [-0.2, 0) is 21.3 Å². The molecule has 3 rings (SSSR count). The number of hydrogen-bond acceptors (Lipinski definition) is 3. The second-order valence-corrected chi connectivity index (χ2v) is 7.98. The van der Waals surface area contributed by atoms with Crippen LogP contribution in [0, 0.1) is 6.92 Å². The number of nitrogens with one attached hydrogen (secondary N) is 1. The van der Waals surface area contributed by atoms with E-state index < -0.39 is 21.5 Å². The molecule has 24 heavy (non-hydrogen) atoms. The van der Waals surface area contributed by atoms with Crippen LogP contribution in [0.1, 0.15) is 39.9 Å². The smallest absolute Gasteiger partial charge is 0.335 e. The summed E-state index contributed by atoms with van der Waals surface area (Å²) in [6.45, 7) is 1.98. The fourth-order valence-electron chi connectivity index (χ4n) is 2.96. The SMILES string of the molecule is Cc1ccccc1C1(NS(=O)(=O)Cc2ccc(C(=O)O)cc2)CC1. The van der Waals surface area contributed by atoms with Crippen molar-refractivity contribution in [3.05, 3.63) is 70.8 Å². The molecule has 0 radical (unpaired) electrons. The Labute approximate surface area is 141 Å². The van der Waals surface area contributed by atoms with Crippen molar-refractivity contribution in [1.29, 1.82) is 0 Å². The van der Waals surface area contributed by atoms with Crippen molar-refractivity contribution in [1.82, 2.24) is 4.72 Å². The van der Waals surface area contributed by atoms with Gasteiger partial charge in [-0.15, -0.1) is 0 Å². The van der Waals surface area contributed by atoms with E-state index in [4.69, 9.17) is 5.11 Å². The minimum atomic E-state index is -3.53. The molecule has 1 aliphatic rings. The molecular weight excluding hydrogens is 326 g/mol. The Hall–Kier alpha value is -2.18. The highest BCUT2D eigenvalue weighted by Gasteiger charge is 2.47. The largest absolute Gasteiger partial charge is 0.478 e. The van der Waals surface area contributed by atoms with Crippen LogP contribution in [0.3, 0.4) is 0 Å². The summed E-state index contributed by atoms with van der Waals surface area (Å²) in [5, 5.41) is 8.89. The molecule has 0 saturated heterocycles. The van der Waals surface area contributed by atoms with Crippen LogP contribution in [0.25, 0.3) is 0 Å². The molecule has 0 aromatic heterocycles. The van der Waals surface area contributed by atoms with E-state index in [0.717, 1.165) is 24.0 Å². The Balaban J connectivity index is 1.77. The molecule has 0 heterocycles. The highest BCUT2D eigenvalue weighted by Crippen LogP contribution is 2.47. The van der Waals surface area contributed by atoms with Crippen molar-refractivity contribution in [3.63, 3.8) is 0 Å². The monoisotopic (exact) mass is 345 g/mol. The molecule has 126 valence electrons. The van der Waals surface area contributed by atoms with E-state index in [-0.39, 0.29) is 11.3 Å². The lowest BCUT2D eigenvalue weighted by molar-refractivity contribution is 0.0697. The Kier molecular flexibility index (Phi) is 4.19. The van der Waals surface area contributed by atoms with Crippen LogP contribution in [0.5, 0.6) is 0 Å². The van der Waals surface area contributed by atoms with E-state index in [1.54, 1.807) is 0 Å². The third-order valence-electron chi connectivity index (χ3n) is 4.32. The van der Waals surface area contributed by atoms with Gasteiger partial charge in [0.1, 0.15) is 0 Å². The van der Waals surface area contributed by atoms with E-state index in [1.807, 2.05) is 31.2 Å². The second-order valence-electron chi connectivity index (χ2n) is 6.26. The number of carboxylic acid groups (broad SMARTS) is 1. The van der Waals surface area contributed by atoms with Gasteiger partial charge in [0.05, 0.1) is 16.9 Å². The summed E-state index contributed by atoms with van der Waals surface area (Å²) >= 11 is 0. The van der Waals surface area contributed by atoms with Crippen LogP contribution < -0.4 is 4.72 Å². The fraction of sp³-hybridized carbons (Fsp3) is 0.278. The molecule has 2 N–H and O–H groups in total. The van der Waals surface area contributed by atoms with E-state index >= 15 is 0 Å². The van der Waals surface area contributed by atoms with Gasteiger partial charge in [-0.2, -0.15) is 0 Å². The number of aryl methyl sites for hydroxylation is 1. The molecule has 2 aromatic carbocycles. The van der Waals surface area contributed by atoms with Gasteiger partial charge in [-0.3, -0.25) is 0 Å². The fourth-order valence-corrected chi connectivity index (χ4v) is 4.57. The summed E-state index contributed by atoms with van der Waals surface area (Å²) in [4.78, 5) is 10.9. The summed E-state index contributed by atoms with van der Waals surface area (Å²) in [6, 6.07) is 13.7. The Morgan fingerprint density at radius 1 is 1.12 bits per heavy atom. The first-order valence-corrected chi connectivity index (χ1v) is 9.37. The van der Waals surface area contributed by atoms with E-state index in [1.165, 1.54) is 24.3 Å². The first-order valence-electron chi connectivity index (χ1n) is 7.71. The van der Waals surface area contributed by atoms with Crippen molar-refractivity contribution in [2.45, 2.75) is 31.1 Å². The Morgan fingerprint density at radius 3 is 2.29 bits per heavy atom. The Bertz CT molecular complexity index is 868. The number of rotatable bonds is 6. The molecule has 0 bridgehead atoms. The molecule has 1 aliphatic carbocycles. The van der Waals surface area contributed by atoms with Crippen LogP contribution in [0.15, 0.2) is 48.5 Å². The van der Waals surface area contributed by atoms with Gasteiger partial charge in [-0.05, 0) is 48.6 Å². The average Bonchev–Trinajstić information content (AvgIpc) is 3.27. The zero-order chi connectivity index (χ0) is 17.4. The summed E-state index contributed by atoms with van der Waals surface area (Å²) in [7, 11) is -3.53. The standard InChI is InChI=1S/C18H19NO4S/c1-13-4-2-3-5-16(13)18(10-11-18)19-24(22,23)12-14-6-8-15(9-7-14)17(20)21/h2-9,19H,10-12H2,1H3,(H,20,21). The molecule has 2 aromatic rings. The average molecular weight is 345 g/mol. The number of hydrogen-bond donors (Lipinski definition) is 2. The zero-order valence-electron chi connectivity index (χ0n) is 13.3. The molecule has 0 aliphatic heterocycles. The van der Waals surface area contributed by atoms with Gasteiger partial charge >= 0.3 is 5.97 Å². The molecule has 1 fully saturated rings. The lowest BCUT2D eigenvalue weighted by Gasteiger charge is -2.20. The number of aromatic carboxylic acids is 1. The molecule has 0 unspecified atom stereocenters. The first-order chi connectivity index (χ1) is 11.3. The number of carbonyl (C=O) groups is 1. The Morgan fingerprint density at radius 2 is 1.75 bits per heavy atom. The van der Waals surface area contributed by atoms with Gasteiger partial charge < -0.3 is 5.11 Å². The van der Waals surface area contributed by atoms with Gasteiger partial charge in [-0.1, -0.05) is 36.4 Å². The minimum absolute atomic E-state index is 0.141. The normalized spacial score (nSPS) is 15.9. The van der Waals surface area contributed by atoms with E-state index in [9.17, 15) is 13.2 Å². The number of carboxylic acids is 1. The lowest BCUT2D eigenvalue weighted by Crippen LogP contribution is -2.36. The third kappa shape index (κ3) is 3.49. The predicted octanol–water partition coefficient (Wildman–Crippen LogP) is 2.80. The van der Waals surface area contributed by atoms with Gasteiger partial charge in [-0.25, -0.2) is 17.9 Å². The first kappa shape index (κ1) is 16.7. The molecule has 0 spiro atoms. The molecule has 0 amide bonds. The van der Waals surface area contributed by atoms with Crippen LogP contribution in [0.2, 0.25) is 0 Å². The van der Waals surface area contributed by atoms with Crippen molar-refractivity contribution < 1.29 is 18.3 Å². The molecule has 1 saturated carbocycles. The van der Waals surface area contributed by atoms with Crippen LogP contribution >= 0.6 is 0 Å². The number of sulfonamides is 1. The highest BCUT2D eigenvalue weighted by atomic mass is 32.2. The maximum Gasteiger partial charge on any atom is 0.335 e. The highest BCUT2D eigenvalue weighted by molar-refractivity contribution is 7.88. The van der Waals surface area contributed by atoms with Crippen LogP contribution in [0.4, 0.5) is 0 Å². The van der Waals surface area contributed by atoms with Crippen LogP contribution in [-0.4, -0.2) is 19.5 Å². The molecular formula is C18H19NO4S. The summed E-state index contributed by atoms with van der Waals surface area (Å²) in [5.41, 5.74) is 2.31. The summed E-state index contributed by atoms with van der Waals surface area (Å²) < 4.78 is 27.9. The maximum absolute atomic E-state index is 12.5. The summed E-state index contributed by atoms with van der Waals surface area (Å²) in [5.74, 6) is -1.19. The van der Waals surface area contributed by atoms with Crippen molar-refractivity contribution >= 4 is 16.0 Å². The molecule has 6 heteroatoms. The predicted molar refractivity (Wildman–Crippen MR) is 91.3 cm³/mol. The second kappa shape index (κ2) is 6.03. The van der Waals surface area contributed by atoms with E-state index in [0.29, 0.717) is 5.56 Å². The van der Waals surface area contributed by atoms with Crippen molar-refractivity contribution in [3.8, 4) is 0 Å². The molecule has 5 nitrogen and oxygen atoms in total. The van der Waals surface area contributed by atoms with Crippen molar-refractivity contribution in [2.24, 2.45) is 0 Å². The van der Waals surface area contributed by atoms with Gasteiger partial charge in [0.25, 0.3) is 0 Å². The van der Waals surface area contributed by atoms with Gasteiger partial charge in [0, 0.05) is 0 Å². The number of benzene rings is 2. The maximum atomic E-state index is 12.5. The minimum Gasteiger partial charge on any atom is -0.478 e. The topological polar surface area (TPSA) is 83.5 Å². The van der Waals surface area contributed by atoms with E-state index in [2.05, 4.69) is 4.72 Å². The lowest BCUT2D eigenvalue weighted by atomic mass is 10.0. The summed E-state index contributed by atoms with van der Waals surface area (Å²) in [6.07, 6.45) is 1.57. The quantitative estimate of drug-likeness (QED) is 0.843. The molecule has 0 atom stereocenters. The zero-order valence-corrected chi connectivity index (χ0v) is 14.1.